The molecule has 0 radical (unpaired) electrons. The molecule has 0 heterocycles. The highest BCUT2D eigenvalue weighted by molar-refractivity contribution is 5.90. The summed E-state index contributed by atoms with van der Waals surface area (Å²) in [5.41, 5.74) is 0. The van der Waals surface area contributed by atoms with Crippen molar-refractivity contribution in [2.45, 2.75) is 0 Å². The summed E-state index contributed by atoms with van der Waals surface area (Å²) in [6.07, 6.45) is 1.33. The standard InChI is InChI=1S/C6H11NO/c1-4-6(8)5-7(2)3/h4H,1,5H2,2-3H3. The SMILES string of the molecule is C=CC(=O)CN(C)C. The molecule has 2 heteroatoms. The lowest BCUT2D eigenvalue weighted by molar-refractivity contribution is -0.115. The van der Waals surface area contributed by atoms with Crippen LogP contribution in [0.4, 0.5) is 0 Å². The Morgan fingerprint density at radius 1 is 1.75 bits per heavy atom. The van der Waals surface area contributed by atoms with Gasteiger partial charge in [0.1, 0.15) is 0 Å². The molecule has 0 aromatic rings. The van der Waals surface area contributed by atoms with E-state index >= 15 is 0 Å². The average molecular weight is 113 g/mol. The van der Waals surface area contributed by atoms with E-state index in [-0.39, 0.29) is 5.78 Å². The van der Waals surface area contributed by atoms with Crippen molar-refractivity contribution in [3.63, 3.8) is 0 Å². The molecule has 46 valence electrons. The minimum Gasteiger partial charge on any atom is -0.302 e. The highest BCUT2D eigenvalue weighted by Crippen LogP contribution is 1.76. The fraction of sp³-hybridized carbons (Fsp3) is 0.500. The van der Waals surface area contributed by atoms with Crippen molar-refractivity contribution >= 4 is 5.78 Å². The second-order valence-corrected chi connectivity index (χ2v) is 1.91. The Morgan fingerprint density at radius 2 is 2.25 bits per heavy atom. The third-order valence-electron chi connectivity index (χ3n) is 0.700. The summed E-state index contributed by atoms with van der Waals surface area (Å²) >= 11 is 0. The van der Waals surface area contributed by atoms with Crippen molar-refractivity contribution in [1.29, 1.82) is 0 Å². The summed E-state index contributed by atoms with van der Waals surface area (Å²) in [5, 5.41) is 0. The number of ketones is 1. The Hall–Kier alpha value is -0.630. The Balaban J connectivity index is 3.39. The van der Waals surface area contributed by atoms with E-state index < -0.39 is 0 Å². The van der Waals surface area contributed by atoms with Gasteiger partial charge in [0.05, 0.1) is 6.54 Å². The normalized spacial score (nSPS) is 9.38. The zero-order valence-electron chi connectivity index (χ0n) is 5.35. The molecule has 0 aliphatic carbocycles. The van der Waals surface area contributed by atoms with Crippen LogP contribution >= 0.6 is 0 Å². The maximum Gasteiger partial charge on any atom is 0.169 e. The number of hydrogen-bond donors (Lipinski definition) is 0. The minimum absolute atomic E-state index is 0.0648. The van der Waals surface area contributed by atoms with Gasteiger partial charge in [-0.25, -0.2) is 0 Å². The molecule has 0 aliphatic rings. The van der Waals surface area contributed by atoms with Crippen molar-refractivity contribution in [1.82, 2.24) is 4.90 Å². The molecule has 0 spiro atoms. The molecule has 0 saturated heterocycles. The van der Waals surface area contributed by atoms with Gasteiger partial charge >= 0.3 is 0 Å². The second-order valence-electron chi connectivity index (χ2n) is 1.91. The molecule has 0 saturated carbocycles. The third kappa shape index (κ3) is 3.56. The van der Waals surface area contributed by atoms with Crippen molar-refractivity contribution in [2.75, 3.05) is 20.6 Å². The summed E-state index contributed by atoms with van der Waals surface area (Å²) < 4.78 is 0. The topological polar surface area (TPSA) is 20.3 Å². The molecule has 0 aliphatic heterocycles. The molecule has 0 N–H and O–H groups in total. The summed E-state index contributed by atoms with van der Waals surface area (Å²) in [5.74, 6) is 0.0648. The lowest BCUT2D eigenvalue weighted by Crippen LogP contribution is -2.19. The molecular formula is C6H11NO. The highest BCUT2D eigenvalue weighted by atomic mass is 16.1. The number of rotatable bonds is 3. The van der Waals surface area contributed by atoms with Gasteiger partial charge < -0.3 is 4.90 Å². The number of carbonyl (C=O) groups excluding carboxylic acids is 1. The van der Waals surface area contributed by atoms with Crippen molar-refractivity contribution in [3.8, 4) is 0 Å². The molecule has 0 aromatic carbocycles. The van der Waals surface area contributed by atoms with Crippen LogP contribution in [-0.4, -0.2) is 31.3 Å². The van der Waals surface area contributed by atoms with Gasteiger partial charge in [0.2, 0.25) is 0 Å². The number of likely N-dealkylation sites (N-methyl/N-ethyl adjacent to an activating group) is 1. The van der Waals surface area contributed by atoms with E-state index in [0.29, 0.717) is 6.54 Å². The quantitative estimate of drug-likeness (QED) is 0.491. The first-order valence-corrected chi connectivity index (χ1v) is 2.47. The van der Waals surface area contributed by atoms with E-state index in [4.69, 9.17) is 0 Å². The molecule has 8 heavy (non-hydrogen) atoms. The van der Waals surface area contributed by atoms with Crippen LogP contribution in [-0.2, 0) is 4.79 Å². The predicted octanol–water partition coefficient (Wildman–Crippen LogP) is 0.303. The van der Waals surface area contributed by atoms with Crippen molar-refractivity contribution in [3.05, 3.63) is 12.7 Å². The van der Waals surface area contributed by atoms with Gasteiger partial charge in [0.25, 0.3) is 0 Å². The molecule has 0 fully saturated rings. The van der Waals surface area contributed by atoms with E-state index in [9.17, 15) is 4.79 Å². The van der Waals surface area contributed by atoms with Crippen LogP contribution in [0.2, 0.25) is 0 Å². The summed E-state index contributed by atoms with van der Waals surface area (Å²) in [6.45, 7) is 3.80. The van der Waals surface area contributed by atoms with Gasteiger partial charge in [-0.1, -0.05) is 6.58 Å². The Kier molecular flexibility index (Phi) is 3.12. The van der Waals surface area contributed by atoms with E-state index in [1.165, 1.54) is 6.08 Å². The van der Waals surface area contributed by atoms with Crippen LogP contribution in [0.15, 0.2) is 12.7 Å². The number of hydrogen-bond acceptors (Lipinski definition) is 2. The maximum absolute atomic E-state index is 10.5. The number of nitrogens with zero attached hydrogens (tertiary/aromatic N) is 1. The number of carbonyl (C=O) groups is 1. The molecule has 0 rings (SSSR count). The fourth-order valence-corrected chi connectivity index (χ4v) is 0.376. The van der Waals surface area contributed by atoms with E-state index in [0.717, 1.165) is 0 Å². The summed E-state index contributed by atoms with van der Waals surface area (Å²) in [7, 11) is 3.70. The van der Waals surface area contributed by atoms with Crippen LogP contribution in [0.3, 0.4) is 0 Å². The zero-order valence-corrected chi connectivity index (χ0v) is 5.35. The molecule has 0 amide bonds. The second kappa shape index (κ2) is 3.38. The first-order chi connectivity index (χ1) is 3.66. The molecular weight excluding hydrogens is 102 g/mol. The van der Waals surface area contributed by atoms with E-state index in [1.54, 1.807) is 0 Å². The first-order valence-electron chi connectivity index (χ1n) is 2.47. The maximum atomic E-state index is 10.5. The summed E-state index contributed by atoms with van der Waals surface area (Å²) in [4.78, 5) is 12.3. The van der Waals surface area contributed by atoms with Gasteiger partial charge in [-0.05, 0) is 20.2 Å². The smallest absolute Gasteiger partial charge is 0.169 e. The minimum atomic E-state index is 0.0648. The molecule has 0 aromatic heterocycles. The van der Waals surface area contributed by atoms with Gasteiger partial charge in [0.15, 0.2) is 5.78 Å². The lowest BCUT2D eigenvalue weighted by atomic mass is 10.4. The van der Waals surface area contributed by atoms with E-state index in [1.807, 2.05) is 19.0 Å². The van der Waals surface area contributed by atoms with Crippen LogP contribution < -0.4 is 0 Å². The zero-order chi connectivity index (χ0) is 6.57. The average Bonchev–Trinajstić information content (AvgIpc) is 1.65. The summed E-state index contributed by atoms with van der Waals surface area (Å²) in [6, 6.07) is 0. The van der Waals surface area contributed by atoms with Gasteiger partial charge in [-0.15, -0.1) is 0 Å². The van der Waals surface area contributed by atoms with Crippen molar-refractivity contribution < 1.29 is 4.79 Å². The first kappa shape index (κ1) is 7.37. The predicted molar refractivity (Wildman–Crippen MR) is 33.8 cm³/mol. The third-order valence-corrected chi connectivity index (χ3v) is 0.700. The Labute approximate surface area is 49.8 Å². The van der Waals surface area contributed by atoms with Crippen LogP contribution in [0, 0.1) is 0 Å². The van der Waals surface area contributed by atoms with Gasteiger partial charge in [-0.3, -0.25) is 4.79 Å². The molecule has 0 atom stereocenters. The van der Waals surface area contributed by atoms with Gasteiger partial charge in [0, 0.05) is 0 Å². The van der Waals surface area contributed by atoms with Gasteiger partial charge in [-0.2, -0.15) is 0 Å². The lowest BCUT2D eigenvalue weighted by Gasteiger charge is -2.03. The van der Waals surface area contributed by atoms with E-state index in [2.05, 4.69) is 6.58 Å². The largest absolute Gasteiger partial charge is 0.302 e. The molecule has 0 bridgehead atoms. The van der Waals surface area contributed by atoms with Crippen LogP contribution in [0.5, 0.6) is 0 Å². The Bertz CT molecular complexity index is 96.7. The Morgan fingerprint density at radius 3 is 2.38 bits per heavy atom. The highest BCUT2D eigenvalue weighted by Gasteiger charge is 1.94. The monoisotopic (exact) mass is 113 g/mol. The van der Waals surface area contributed by atoms with Crippen LogP contribution in [0.1, 0.15) is 0 Å². The van der Waals surface area contributed by atoms with Crippen LogP contribution in [0.25, 0.3) is 0 Å². The molecule has 2 nitrogen and oxygen atoms in total. The molecule has 0 unspecified atom stereocenters. The fourth-order valence-electron chi connectivity index (χ4n) is 0.376. The van der Waals surface area contributed by atoms with Crippen molar-refractivity contribution in [2.24, 2.45) is 0 Å².